The van der Waals surface area contributed by atoms with Gasteiger partial charge in [0, 0.05) is 31.9 Å². The van der Waals surface area contributed by atoms with Crippen LogP contribution < -0.4 is 10.4 Å². The van der Waals surface area contributed by atoms with Gasteiger partial charge in [-0.15, -0.1) is 0 Å². The fourth-order valence-electron chi connectivity index (χ4n) is 4.63. The number of hydrogen-bond donors (Lipinski definition) is 0. The van der Waals surface area contributed by atoms with E-state index in [4.69, 9.17) is 4.74 Å². The van der Waals surface area contributed by atoms with Crippen molar-refractivity contribution in [3.05, 3.63) is 81.4 Å². The molecule has 0 unspecified atom stereocenters. The van der Waals surface area contributed by atoms with E-state index in [2.05, 4.69) is 37.0 Å². The molecule has 1 aliphatic heterocycles. The molecule has 33 heavy (non-hydrogen) atoms. The smallest absolute Gasteiger partial charge is 0.330 e. The fraction of sp³-hybridized carbons (Fsp3) is 0.269. The van der Waals surface area contributed by atoms with Crippen LogP contribution in [0.4, 0.5) is 0 Å². The first-order valence-electron chi connectivity index (χ1n) is 10.9. The molecule has 0 aliphatic carbocycles. The van der Waals surface area contributed by atoms with Crippen molar-refractivity contribution in [1.82, 2.24) is 19.0 Å². The average molecular weight is 443 g/mol. The molecular formula is C26H26N4O3. The number of ether oxygens (including phenoxy) is 1. The Labute approximate surface area is 191 Å². The Morgan fingerprint density at radius 1 is 1.00 bits per heavy atom. The summed E-state index contributed by atoms with van der Waals surface area (Å²) in [4.78, 5) is 32.5. The number of fused-ring (bicyclic) bond motifs is 2. The number of amides is 1. The first-order chi connectivity index (χ1) is 15.8. The van der Waals surface area contributed by atoms with Crippen LogP contribution in [0.1, 0.15) is 22.3 Å². The fourth-order valence-corrected chi connectivity index (χ4v) is 4.63. The van der Waals surface area contributed by atoms with Crippen LogP contribution in [0.5, 0.6) is 5.75 Å². The molecule has 7 heteroatoms. The van der Waals surface area contributed by atoms with Crippen molar-refractivity contribution < 1.29 is 9.53 Å². The molecule has 3 heterocycles. The highest BCUT2D eigenvalue weighted by Crippen LogP contribution is 2.28. The maximum Gasteiger partial charge on any atom is 0.330 e. The van der Waals surface area contributed by atoms with Crippen LogP contribution in [-0.2, 0) is 31.5 Å². The molecule has 1 amide bonds. The predicted octanol–water partition coefficient (Wildman–Crippen LogP) is 3.57. The van der Waals surface area contributed by atoms with Gasteiger partial charge < -0.3 is 9.64 Å². The zero-order valence-corrected chi connectivity index (χ0v) is 19.3. The molecule has 1 aliphatic rings. The zero-order chi connectivity index (χ0) is 23.3. The van der Waals surface area contributed by atoms with E-state index in [1.807, 2.05) is 24.3 Å². The van der Waals surface area contributed by atoms with Gasteiger partial charge in [-0.3, -0.25) is 13.9 Å². The SMILES string of the molecule is COc1ccc2c(c1)CN(C(=O)Cn1c(=O)n(C)c3cc(-c4cc(C)cc(C)c4)cnc31)C2. The van der Waals surface area contributed by atoms with E-state index >= 15 is 0 Å². The van der Waals surface area contributed by atoms with Crippen LogP contribution in [-0.4, -0.2) is 32.0 Å². The third kappa shape index (κ3) is 3.69. The normalized spacial score (nSPS) is 12.9. The topological polar surface area (TPSA) is 69.4 Å². The van der Waals surface area contributed by atoms with Crippen molar-refractivity contribution >= 4 is 17.1 Å². The first kappa shape index (κ1) is 21.0. The molecule has 0 saturated heterocycles. The number of hydrogen-bond acceptors (Lipinski definition) is 4. The summed E-state index contributed by atoms with van der Waals surface area (Å²) < 4.78 is 8.32. The van der Waals surface area contributed by atoms with E-state index in [-0.39, 0.29) is 18.1 Å². The second-order valence-electron chi connectivity index (χ2n) is 8.76. The standard InChI is InChI=1S/C26H26N4O3/c1-16-7-17(2)9-19(8-16)20-11-23-25(27-12-20)30(26(32)28(23)3)15-24(31)29-13-18-5-6-22(33-4)10-21(18)14-29/h5-12H,13-15H2,1-4H3. The summed E-state index contributed by atoms with van der Waals surface area (Å²) in [6.07, 6.45) is 1.77. The van der Waals surface area contributed by atoms with Crippen LogP contribution in [0.2, 0.25) is 0 Å². The molecule has 0 bridgehead atoms. The van der Waals surface area contributed by atoms with Gasteiger partial charge in [-0.2, -0.15) is 0 Å². The highest BCUT2D eigenvalue weighted by atomic mass is 16.5. The number of rotatable bonds is 4. The van der Waals surface area contributed by atoms with Crippen LogP contribution in [0.15, 0.2) is 53.5 Å². The molecule has 4 aromatic rings. The van der Waals surface area contributed by atoms with Crippen LogP contribution >= 0.6 is 0 Å². The first-order valence-corrected chi connectivity index (χ1v) is 10.9. The molecule has 2 aromatic heterocycles. The van der Waals surface area contributed by atoms with E-state index in [9.17, 15) is 9.59 Å². The molecule has 0 N–H and O–H groups in total. The lowest BCUT2D eigenvalue weighted by atomic mass is 10.0. The van der Waals surface area contributed by atoms with Crippen molar-refractivity contribution in [1.29, 1.82) is 0 Å². The number of pyridine rings is 1. The maximum atomic E-state index is 13.1. The predicted molar refractivity (Wildman–Crippen MR) is 127 cm³/mol. The van der Waals surface area contributed by atoms with Crippen molar-refractivity contribution in [2.45, 2.75) is 33.5 Å². The van der Waals surface area contributed by atoms with Gasteiger partial charge in [0.1, 0.15) is 12.3 Å². The molecule has 0 radical (unpaired) electrons. The summed E-state index contributed by atoms with van der Waals surface area (Å²) in [7, 11) is 3.35. The second kappa shape index (κ2) is 7.92. The average Bonchev–Trinajstić information content (AvgIpc) is 3.33. The minimum atomic E-state index is -0.248. The number of nitrogens with zero attached hydrogens (tertiary/aromatic N) is 4. The molecule has 0 spiro atoms. The minimum absolute atomic E-state index is 0.0444. The Bertz CT molecular complexity index is 1440. The summed E-state index contributed by atoms with van der Waals surface area (Å²) in [5.74, 6) is 0.664. The van der Waals surface area contributed by atoms with Gasteiger partial charge in [-0.05, 0) is 48.7 Å². The van der Waals surface area contributed by atoms with E-state index in [0.717, 1.165) is 28.0 Å². The van der Waals surface area contributed by atoms with Crippen LogP contribution in [0, 0.1) is 13.8 Å². The number of aromatic nitrogens is 3. The molecular weight excluding hydrogens is 416 g/mol. The quantitative estimate of drug-likeness (QED) is 0.485. The van der Waals surface area contributed by atoms with Crippen molar-refractivity contribution in [3.8, 4) is 16.9 Å². The summed E-state index contributed by atoms with van der Waals surface area (Å²) in [6, 6.07) is 14.2. The third-order valence-electron chi connectivity index (χ3n) is 6.32. The van der Waals surface area contributed by atoms with Crippen LogP contribution in [0.3, 0.4) is 0 Å². The van der Waals surface area contributed by atoms with E-state index < -0.39 is 0 Å². The summed E-state index contributed by atoms with van der Waals surface area (Å²) in [5.41, 5.74) is 7.50. The summed E-state index contributed by atoms with van der Waals surface area (Å²) in [5, 5.41) is 0. The Balaban J connectivity index is 1.45. The number of benzene rings is 2. The monoisotopic (exact) mass is 442 g/mol. The van der Waals surface area contributed by atoms with Crippen molar-refractivity contribution in [3.63, 3.8) is 0 Å². The number of carbonyl (C=O) groups is 1. The molecule has 7 nitrogen and oxygen atoms in total. The highest BCUT2D eigenvalue weighted by Gasteiger charge is 2.25. The van der Waals surface area contributed by atoms with Gasteiger partial charge in [-0.1, -0.05) is 35.4 Å². The Morgan fingerprint density at radius 3 is 2.45 bits per heavy atom. The third-order valence-corrected chi connectivity index (χ3v) is 6.32. The van der Waals surface area contributed by atoms with Crippen molar-refractivity contribution in [2.75, 3.05) is 7.11 Å². The lowest BCUT2D eigenvalue weighted by molar-refractivity contribution is -0.132. The Morgan fingerprint density at radius 2 is 1.73 bits per heavy atom. The maximum absolute atomic E-state index is 13.1. The molecule has 0 atom stereocenters. The van der Waals surface area contributed by atoms with E-state index in [1.165, 1.54) is 15.7 Å². The molecule has 0 saturated carbocycles. The largest absolute Gasteiger partial charge is 0.497 e. The molecule has 168 valence electrons. The summed E-state index contributed by atoms with van der Waals surface area (Å²) in [6.45, 7) is 5.12. The van der Waals surface area contributed by atoms with Crippen LogP contribution in [0.25, 0.3) is 22.3 Å². The lowest BCUT2D eigenvalue weighted by Crippen LogP contribution is -2.33. The number of imidazole rings is 1. The van der Waals surface area contributed by atoms with Crippen molar-refractivity contribution in [2.24, 2.45) is 7.05 Å². The Hall–Kier alpha value is -3.87. The van der Waals surface area contributed by atoms with Gasteiger partial charge in [-0.25, -0.2) is 9.78 Å². The lowest BCUT2D eigenvalue weighted by Gasteiger charge is -2.15. The van der Waals surface area contributed by atoms with Gasteiger partial charge in [0.25, 0.3) is 0 Å². The van der Waals surface area contributed by atoms with Gasteiger partial charge >= 0.3 is 5.69 Å². The van der Waals surface area contributed by atoms with Gasteiger partial charge in [0.05, 0.1) is 12.6 Å². The zero-order valence-electron chi connectivity index (χ0n) is 19.3. The van der Waals surface area contributed by atoms with Gasteiger partial charge in [0.2, 0.25) is 5.91 Å². The van der Waals surface area contributed by atoms with E-state index in [0.29, 0.717) is 24.3 Å². The highest BCUT2D eigenvalue weighted by molar-refractivity contribution is 5.82. The molecule has 0 fully saturated rings. The Kier molecular flexibility index (Phi) is 5.04. The molecule has 2 aromatic carbocycles. The minimum Gasteiger partial charge on any atom is -0.497 e. The second-order valence-corrected chi connectivity index (χ2v) is 8.76. The number of aryl methyl sites for hydroxylation is 3. The summed E-state index contributed by atoms with van der Waals surface area (Å²) >= 11 is 0. The molecule has 5 rings (SSSR count). The van der Waals surface area contributed by atoms with Gasteiger partial charge in [0.15, 0.2) is 5.65 Å². The number of carbonyl (C=O) groups excluding carboxylic acids is 1. The van der Waals surface area contributed by atoms with E-state index in [1.54, 1.807) is 29.8 Å². The number of methoxy groups -OCH3 is 1.